The van der Waals surface area contributed by atoms with Crippen molar-refractivity contribution in [3.8, 4) is 0 Å². The first kappa shape index (κ1) is 39.2. The number of fused-ring (bicyclic) bond motifs is 8. The molecule has 1 aromatic heterocycles. The lowest BCUT2D eigenvalue weighted by Crippen LogP contribution is -2.55. The van der Waals surface area contributed by atoms with E-state index in [-0.39, 0.29) is 36.5 Å². The highest BCUT2D eigenvalue weighted by molar-refractivity contribution is 7.14. The minimum absolute atomic E-state index is 0.00457. The summed E-state index contributed by atoms with van der Waals surface area (Å²) in [5.41, 5.74) is 1.93. The van der Waals surface area contributed by atoms with Gasteiger partial charge >= 0.3 is 6.09 Å². The molecule has 2 bridgehead atoms. The molecular formula is C44H63NO6S. The molecule has 2 N–H and O–H groups in total. The Hall–Kier alpha value is -2.52. The maximum absolute atomic E-state index is 14.4. The van der Waals surface area contributed by atoms with Crippen LogP contribution in [-0.4, -0.2) is 70.6 Å². The van der Waals surface area contributed by atoms with E-state index in [4.69, 9.17) is 9.47 Å². The molecule has 2 heterocycles. The molecule has 286 valence electrons. The fourth-order valence-electron chi connectivity index (χ4n) is 9.89. The zero-order valence-corrected chi connectivity index (χ0v) is 33.3. The third kappa shape index (κ3) is 8.56. The lowest BCUT2D eigenvalue weighted by atomic mass is 9.64. The largest absolute Gasteiger partial charge is 0.446 e. The number of aryl methyl sites for hydroxylation is 1. The summed E-state index contributed by atoms with van der Waals surface area (Å²) in [5, 5.41) is 24.1. The van der Waals surface area contributed by atoms with Crippen molar-refractivity contribution in [3.05, 3.63) is 68.4 Å². The molecule has 0 radical (unpaired) electrons. The summed E-state index contributed by atoms with van der Waals surface area (Å²) < 4.78 is 12.5. The number of thiophene rings is 1. The first-order chi connectivity index (χ1) is 24.8. The predicted molar refractivity (Wildman–Crippen MR) is 208 cm³/mol. The van der Waals surface area contributed by atoms with Gasteiger partial charge < -0.3 is 24.6 Å². The van der Waals surface area contributed by atoms with Crippen molar-refractivity contribution in [3.63, 3.8) is 0 Å². The number of aliphatic hydroxyl groups is 2. The van der Waals surface area contributed by atoms with E-state index in [0.29, 0.717) is 73.5 Å². The SMILES string of the molecule is CC1=CCC[C@@]2(C)[C@@H](CC[C@@]2(O)CN(C[C@H]2CCCO2)C(=O)O[C@H]2C[C@@H](C)CC[C@@H]2C(C)C)c2ccc(cc2C(=O)c2ccc(C)s2)C[C@@H](O)CC1. The second kappa shape index (κ2) is 16.5. The topological polar surface area (TPSA) is 96.3 Å². The molecule has 1 saturated heterocycles. The summed E-state index contributed by atoms with van der Waals surface area (Å²) in [5.74, 6) is 1.13. The Morgan fingerprint density at radius 2 is 1.88 bits per heavy atom. The van der Waals surface area contributed by atoms with Gasteiger partial charge in [-0.15, -0.1) is 11.3 Å². The van der Waals surface area contributed by atoms with Crippen molar-refractivity contribution in [2.24, 2.45) is 23.2 Å². The van der Waals surface area contributed by atoms with Gasteiger partial charge in [0.2, 0.25) is 5.78 Å². The van der Waals surface area contributed by atoms with Gasteiger partial charge in [0.15, 0.2) is 0 Å². The van der Waals surface area contributed by atoms with Crippen molar-refractivity contribution in [1.29, 1.82) is 0 Å². The van der Waals surface area contributed by atoms with Crippen LogP contribution in [0.25, 0.3) is 0 Å². The van der Waals surface area contributed by atoms with Crippen molar-refractivity contribution in [1.82, 2.24) is 4.90 Å². The lowest BCUT2D eigenvalue weighted by molar-refractivity contribution is -0.0908. The lowest BCUT2D eigenvalue weighted by Gasteiger charge is -2.46. The predicted octanol–water partition coefficient (Wildman–Crippen LogP) is 9.40. The smallest absolute Gasteiger partial charge is 0.410 e. The molecule has 1 amide bonds. The fraction of sp³-hybridized carbons (Fsp3) is 0.682. The van der Waals surface area contributed by atoms with Crippen molar-refractivity contribution < 1.29 is 29.3 Å². The molecule has 2 aromatic rings. The number of aliphatic hydroxyl groups excluding tert-OH is 1. The van der Waals surface area contributed by atoms with Crippen molar-refractivity contribution >= 4 is 23.2 Å². The number of ketones is 1. The molecule has 8 atom stereocenters. The average molecular weight is 734 g/mol. The van der Waals surface area contributed by atoms with Gasteiger partial charge in [-0.25, -0.2) is 4.79 Å². The van der Waals surface area contributed by atoms with E-state index in [1.807, 2.05) is 25.1 Å². The van der Waals surface area contributed by atoms with Crippen LogP contribution >= 0.6 is 11.3 Å². The van der Waals surface area contributed by atoms with Gasteiger partial charge in [0.05, 0.1) is 35.8 Å². The number of allylic oxidation sites excluding steroid dienone is 2. The third-order valence-electron chi connectivity index (χ3n) is 13.3. The Morgan fingerprint density at radius 1 is 1.08 bits per heavy atom. The van der Waals surface area contributed by atoms with Gasteiger partial charge in [-0.2, -0.15) is 0 Å². The zero-order chi connectivity index (χ0) is 37.2. The molecule has 0 unspecified atom stereocenters. The summed E-state index contributed by atoms with van der Waals surface area (Å²) in [6.07, 6.45) is 10.7. The average Bonchev–Trinajstić information content (AvgIpc) is 3.83. The van der Waals surface area contributed by atoms with Crippen molar-refractivity contribution in [2.45, 2.75) is 148 Å². The minimum atomic E-state index is -1.22. The highest BCUT2D eigenvalue weighted by Gasteiger charge is 2.58. The van der Waals surface area contributed by atoms with Crippen LogP contribution in [-0.2, 0) is 15.9 Å². The van der Waals surface area contributed by atoms with E-state index in [9.17, 15) is 19.8 Å². The van der Waals surface area contributed by atoms with Gasteiger partial charge in [-0.05, 0) is 137 Å². The molecule has 52 heavy (non-hydrogen) atoms. The molecule has 7 rings (SSSR count). The van der Waals surface area contributed by atoms with E-state index in [1.165, 1.54) is 16.9 Å². The van der Waals surface area contributed by atoms with Gasteiger partial charge in [-0.3, -0.25) is 4.79 Å². The van der Waals surface area contributed by atoms with Crippen LogP contribution < -0.4 is 0 Å². The first-order valence-corrected chi connectivity index (χ1v) is 20.9. The maximum atomic E-state index is 14.4. The molecular weight excluding hydrogens is 671 g/mol. The fourth-order valence-corrected chi connectivity index (χ4v) is 10.7. The molecule has 5 aliphatic rings. The standard InChI is InChI=1S/C44H63NO6S/c1-28(2)35-16-12-30(4)23-39(35)51-42(48)45(26-34-10-8-22-50-34)27-44(49)21-19-38-36-17-14-32(25-37(36)41(47)40-18-13-31(5)52-40)24-33(46)15-11-29(3)9-7-20-43(38,44)6/h9,13-14,17-18,25,28,30,33-35,38-39,46,49H,7-8,10-12,15-16,19-24,26-27H2,1-6H3/t30-,33-,34+,35+,38-,39-,43-,44+/m0/s1. The van der Waals surface area contributed by atoms with E-state index in [1.54, 1.807) is 4.90 Å². The van der Waals surface area contributed by atoms with E-state index < -0.39 is 17.1 Å². The van der Waals surface area contributed by atoms with Crippen LogP contribution in [0.15, 0.2) is 42.0 Å². The van der Waals surface area contributed by atoms with Crippen LogP contribution in [0.3, 0.4) is 0 Å². The third-order valence-corrected chi connectivity index (χ3v) is 14.3. The number of nitrogens with zero attached hydrogens (tertiary/aromatic N) is 1. The number of ether oxygens (including phenoxy) is 2. The van der Waals surface area contributed by atoms with E-state index >= 15 is 0 Å². The Bertz CT molecular complexity index is 1590. The number of carbonyl (C=O) groups is 2. The Morgan fingerprint density at radius 3 is 2.60 bits per heavy atom. The molecule has 0 spiro atoms. The monoisotopic (exact) mass is 733 g/mol. The number of carbonyl (C=O) groups excluding carboxylic acids is 2. The number of benzene rings is 1. The van der Waals surface area contributed by atoms with Crippen LogP contribution in [0.4, 0.5) is 4.79 Å². The highest BCUT2D eigenvalue weighted by atomic mass is 32.1. The number of hydrogen-bond donors (Lipinski definition) is 2. The summed E-state index contributed by atoms with van der Waals surface area (Å²) >= 11 is 1.51. The van der Waals surface area contributed by atoms with Gasteiger partial charge in [0.1, 0.15) is 6.10 Å². The zero-order valence-electron chi connectivity index (χ0n) is 32.5. The minimum Gasteiger partial charge on any atom is -0.446 e. The van der Waals surface area contributed by atoms with Crippen molar-refractivity contribution in [2.75, 3.05) is 19.7 Å². The second-order valence-electron chi connectivity index (χ2n) is 17.5. The maximum Gasteiger partial charge on any atom is 0.410 e. The Labute approximate surface area is 316 Å². The molecule has 8 heteroatoms. The first-order valence-electron chi connectivity index (χ1n) is 20.1. The number of amides is 1. The van der Waals surface area contributed by atoms with Crippen LogP contribution in [0.2, 0.25) is 0 Å². The summed E-state index contributed by atoms with van der Waals surface area (Å²) in [6.45, 7) is 14.3. The normalized spacial score (nSPS) is 32.7. The van der Waals surface area contributed by atoms with Crippen LogP contribution in [0, 0.1) is 30.1 Å². The van der Waals surface area contributed by atoms with Crippen LogP contribution in [0.1, 0.15) is 142 Å². The Balaban J connectivity index is 1.37. The highest BCUT2D eigenvalue weighted by Crippen LogP contribution is 2.59. The number of hydrogen-bond acceptors (Lipinski definition) is 7. The van der Waals surface area contributed by atoms with E-state index in [2.05, 4.69) is 52.8 Å². The van der Waals surface area contributed by atoms with E-state index in [0.717, 1.165) is 60.9 Å². The summed E-state index contributed by atoms with van der Waals surface area (Å²) in [6, 6.07) is 10.1. The van der Waals surface area contributed by atoms with Gasteiger partial charge in [0, 0.05) is 22.5 Å². The summed E-state index contributed by atoms with van der Waals surface area (Å²) in [7, 11) is 0. The second-order valence-corrected chi connectivity index (χ2v) is 18.7. The molecule has 1 aromatic carbocycles. The molecule has 2 saturated carbocycles. The molecule has 4 aliphatic carbocycles. The van der Waals surface area contributed by atoms with Gasteiger partial charge in [0.25, 0.3) is 0 Å². The molecule has 3 fully saturated rings. The van der Waals surface area contributed by atoms with Gasteiger partial charge in [-0.1, -0.05) is 57.9 Å². The summed E-state index contributed by atoms with van der Waals surface area (Å²) in [4.78, 5) is 32.3. The Kier molecular flexibility index (Phi) is 12.4. The molecule has 7 nitrogen and oxygen atoms in total. The van der Waals surface area contributed by atoms with Crippen LogP contribution in [0.5, 0.6) is 0 Å². The quantitative estimate of drug-likeness (QED) is 0.207. The molecule has 1 aliphatic heterocycles. The number of rotatable bonds is 8.